The van der Waals surface area contributed by atoms with Crippen LogP contribution in [0.2, 0.25) is 0 Å². The SMILES string of the molecule is CC(Cc1ccccc1)NC(=O)c1ccc(N)c(F)c1. The second kappa shape index (κ2) is 6.19. The number of amides is 1. The van der Waals surface area contributed by atoms with Gasteiger partial charge in [-0.25, -0.2) is 4.39 Å². The molecule has 0 spiro atoms. The van der Waals surface area contributed by atoms with Crippen molar-refractivity contribution in [3.8, 4) is 0 Å². The summed E-state index contributed by atoms with van der Waals surface area (Å²) in [6.45, 7) is 1.92. The number of anilines is 1. The molecule has 1 unspecified atom stereocenters. The minimum atomic E-state index is -0.576. The van der Waals surface area contributed by atoms with Crippen LogP contribution in [0.25, 0.3) is 0 Å². The normalized spacial score (nSPS) is 11.9. The summed E-state index contributed by atoms with van der Waals surface area (Å²) in [4.78, 5) is 12.0. The van der Waals surface area contributed by atoms with Crippen LogP contribution in [-0.4, -0.2) is 11.9 Å². The first-order chi connectivity index (χ1) is 9.56. The van der Waals surface area contributed by atoms with Crippen LogP contribution in [0.15, 0.2) is 48.5 Å². The predicted molar refractivity (Wildman–Crippen MR) is 77.9 cm³/mol. The molecule has 0 radical (unpaired) electrons. The van der Waals surface area contributed by atoms with E-state index in [0.29, 0.717) is 0 Å². The molecule has 0 heterocycles. The third-order valence-electron chi connectivity index (χ3n) is 3.02. The molecule has 1 atom stereocenters. The number of nitrogens with two attached hydrogens (primary N) is 1. The fourth-order valence-electron chi connectivity index (χ4n) is 1.99. The Kier molecular flexibility index (Phi) is 4.35. The van der Waals surface area contributed by atoms with Gasteiger partial charge in [-0.15, -0.1) is 0 Å². The summed E-state index contributed by atoms with van der Waals surface area (Å²) < 4.78 is 13.3. The van der Waals surface area contributed by atoms with Gasteiger partial charge in [0.05, 0.1) is 5.69 Å². The summed E-state index contributed by atoms with van der Waals surface area (Å²) in [5.41, 5.74) is 6.84. The number of hydrogen-bond donors (Lipinski definition) is 2. The van der Waals surface area contributed by atoms with E-state index in [1.54, 1.807) is 0 Å². The molecule has 0 saturated carbocycles. The Balaban J connectivity index is 1.98. The van der Waals surface area contributed by atoms with Gasteiger partial charge in [0.25, 0.3) is 5.91 Å². The van der Waals surface area contributed by atoms with Crippen LogP contribution in [0.5, 0.6) is 0 Å². The molecule has 0 aromatic heterocycles. The van der Waals surface area contributed by atoms with Crippen molar-refractivity contribution in [3.05, 3.63) is 65.5 Å². The molecule has 0 aliphatic carbocycles. The zero-order valence-electron chi connectivity index (χ0n) is 11.3. The Labute approximate surface area is 117 Å². The van der Waals surface area contributed by atoms with Crippen LogP contribution in [-0.2, 0) is 6.42 Å². The van der Waals surface area contributed by atoms with E-state index in [-0.39, 0.29) is 23.2 Å². The van der Waals surface area contributed by atoms with E-state index in [0.717, 1.165) is 18.1 Å². The quantitative estimate of drug-likeness (QED) is 0.841. The molecule has 0 aliphatic rings. The van der Waals surface area contributed by atoms with Crippen molar-refractivity contribution in [1.29, 1.82) is 0 Å². The molecule has 0 fully saturated rings. The molecule has 0 aliphatic heterocycles. The van der Waals surface area contributed by atoms with Crippen molar-refractivity contribution < 1.29 is 9.18 Å². The molecule has 1 amide bonds. The molecule has 3 N–H and O–H groups in total. The zero-order valence-corrected chi connectivity index (χ0v) is 11.3. The number of rotatable bonds is 4. The van der Waals surface area contributed by atoms with Crippen molar-refractivity contribution in [1.82, 2.24) is 5.32 Å². The highest BCUT2D eigenvalue weighted by atomic mass is 19.1. The zero-order chi connectivity index (χ0) is 14.5. The fraction of sp³-hybridized carbons (Fsp3) is 0.188. The van der Waals surface area contributed by atoms with Crippen molar-refractivity contribution in [2.75, 3.05) is 5.73 Å². The first kappa shape index (κ1) is 14.1. The highest BCUT2D eigenvalue weighted by Gasteiger charge is 2.11. The van der Waals surface area contributed by atoms with Gasteiger partial charge < -0.3 is 11.1 Å². The molecule has 0 saturated heterocycles. The summed E-state index contributed by atoms with van der Waals surface area (Å²) in [7, 11) is 0. The van der Waals surface area contributed by atoms with Crippen LogP contribution in [0.1, 0.15) is 22.8 Å². The second-order valence-electron chi connectivity index (χ2n) is 4.80. The van der Waals surface area contributed by atoms with Gasteiger partial charge in [0.2, 0.25) is 0 Å². The smallest absolute Gasteiger partial charge is 0.251 e. The minimum Gasteiger partial charge on any atom is -0.396 e. The lowest BCUT2D eigenvalue weighted by Crippen LogP contribution is -2.34. The van der Waals surface area contributed by atoms with Gasteiger partial charge in [0, 0.05) is 11.6 Å². The monoisotopic (exact) mass is 272 g/mol. The van der Waals surface area contributed by atoms with Gasteiger partial charge >= 0.3 is 0 Å². The second-order valence-corrected chi connectivity index (χ2v) is 4.80. The van der Waals surface area contributed by atoms with E-state index in [4.69, 9.17) is 5.73 Å². The molecule has 0 bridgehead atoms. The van der Waals surface area contributed by atoms with Crippen molar-refractivity contribution in [2.45, 2.75) is 19.4 Å². The van der Waals surface area contributed by atoms with Gasteiger partial charge in [0.1, 0.15) is 5.82 Å². The number of benzene rings is 2. The average Bonchev–Trinajstić information content (AvgIpc) is 2.42. The van der Waals surface area contributed by atoms with E-state index >= 15 is 0 Å². The standard InChI is InChI=1S/C16H17FN2O/c1-11(9-12-5-3-2-4-6-12)19-16(20)13-7-8-15(18)14(17)10-13/h2-8,10-11H,9,18H2,1H3,(H,19,20). The summed E-state index contributed by atoms with van der Waals surface area (Å²) in [5, 5.41) is 2.84. The van der Waals surface area contributed by atoms with Crippen molar-refractivity contribution in [2.24, 2.45) is 0 Å². The first-order valence-electron chi connectivity index (χ1n) is 6.46. The van der Waals surface area contributed by atoms with Crippen LogP contribution in [0.4, 0.5) is 10.1 Å². The molecule has 4 heteroatoms. The molecule has 20 heavy (non-hydrogen) atoms. The highest BCUT2D eigenvalue weighted by molar-refractivity contribution is 5.94. The Hall–Kier alpha value is -2.36. The van der Waals surface area contributed by atoms with Crippen LogP contribution in [0, 0.1) is 5.82 Å². The van der Waals surface area contributed by atoms with Crippen LogP contribution < -0.4 is 11.1 Å². The number of halogens is 1. The highest BCUT2D eigenvalue weighted by Crippen LogP contribution is 2.12. The number of carbonyl (C=O) groups is 1. The van der Waals surface area contributed by atoms with E-state index in [1.807, 2.05) is 37.3 Å². The Morgan fingerprint density at radius 3 is 2.60 bits per heavy atom. The fourth-order valence-corrected chi connectivity index (χ4v) is 1.99. The summed E-state index contributed by atoms with van der Waals surface area (Å²) in [6, 6.07) is 13.9. The lowest BCUT2D eigenvalue weighted by atomic mass is 10.1. The maximum atomic E-state index is 13.3. The number of hydrogen-bond acceptors (Lipinski definition) is 2. The minimum absolute atomic E-state index is 0.0366. The van der Waals surface area contributed by atoms with Gasteiger partial charge in [-0.2, -0.15) is 0 Å². The molecular formula is C16H17FN2O. The number of carbonyl (C=O) groups excluding carboxylic acids is 1. The first-order valence-corrected chi connectivity index (χ1v) is 6.46. The van der Waals surface area contributed by atoms with E-state index in [9.17, 15) is 9.18 Å². The largest absolute Gasteiger partial charge is 0.396 e. The lowest BCUT2D eigenvalue weighted by Gasteiger charge is -2.14. The van der Waals surface area contributed by atoms with E-state index in [1.165, 1.54) is 12.1 Å². The molecule has 104 valence electrons. The maximum Gasteiger partial charge on any atom is 0.251 e. The van der Waals surface area contributed by atoms with Gasteiger partial charge in [-0.05, 0) is 37.1 Å². The van der Waals surface area contributed by atoms with E-state index in [2.05, 4.69) is 5.32 Å². The average molecular weight is 272 g/mol. The lowest BCUT2D eigenvalue weighted by molar-refractivity contribution is 0.0939. The Bertz CT molecular complexity index is 599. The summed E-state index contributed by atoms with van der Waals surface area (Å²) >= 11 is 0. The third kappa shape index (κ3) is 3.57. The third-order valence-corrected chi connectivity index (χ3v) is 3.02. The Morgan fingerprint density at radius 2 is 1.95 bits per heavy atom. The molecule has 2 rings (SSSR count). The summed E-state index contributed by atoms with van der Waals surface area (Å²) in [6.07, 6.45) is 0.726. The van der Waals surface area contributed by atoms with Gasteiger partial charge in [0.15, 0.2) is 0 Å². The topological polar surface area (TPSA) is 55.1 Å². The molecule has 2 aromatic rings. The van der Waals surface area contributed by atoms with Crippen LogP contribution in [0.3, 0.4) is 0 Å². The van der Waals surface area contributed by atoms with Gasteiger partial charge in [-0.1, -0.05) is 30.3 Å². The Morgan fingerprint density at radius 1 is 1.25 bits per heavy atom. The number of nitrogen functional groups attached to an aromatic ring is 1. The van der Waals surface area contributed by atoms with E-state index < -0.39 is 5.82 Å². The number of nitrogens with one attached hydrogen (secondary N) is 1. The predicted octanol–water partition coefficient (Wildman–Crippen LogP) is 2.77. The maximum absolute atomic E-state index is 13.3. The van der Waals surface area contributed by atoms with Crippen LogP contribution >= 0.6 is 0 Å². The van der Waals surface area contributed by atoms with Crippen molar-refractivity contribution in [3.63, 3.8) is 0 Å². The van der Waals surface area contributed by atoms with Gasteiger partial charge in [-0.3, -0.25) is 4.79 Å². The molecule has 2 aromatic carbocycles. The molecular weight excluding hydrogens is 255 g/mol. The summed E-state index contributed by atoms with van der Waals surface area (Å²) in [5.74, 6) is -0.874. The molecule has 3 nitrogen and oxygen atoms in total. The van der Waals surface area contributed by atoms with Crippen molar-refractivity contribution >= 4 is 11.6 Å².